The lowest BCUT2D eigenvalue weighted by Crippen LogP contribution is -2.30. The van der Waals surface area contributed by atoms with Crippen molar-refractivity contribution < 1.29 is 16.9 Å². The molecule has 0 saturated carbocycles. The molecule has 0 N–H and O–H groups in total. The maximum Gasteiger partial charge on any atom is 0.212 e. The van der Waals surface area contributed by atoms with Gasteiger partial charge in [0.15, 0.2) is 6.20 Å². The molecule has 0 radical (unpaired) electrons. The highest BCUT2D eigenvalue weighted by molar-refractivity contribution is 5.61. The summed E-state index contributed by atoms with van der Waals surface area (Å²) in [7, 11) is 1.87. The molecule has 2 rings (SSSR count). The summed E-state index contributed by atoms with van der Waals surface area (Å²) in [6, 6.07) is 10.3. The first kappa shape index (κ1) is 6.21. The molecule has 0 bridgehead atoms. The third-order valence-electron chi connectivity index (χ3n) is 3.23. The minimum Gasteiger partial charge on any atom is -0.201 e. The fraction of sp³-hybridized carbons (Fsp3) is 0.389. The van der Waals surface area contributed by atoms with Crippen molar-refractivity contribution in [3.05, 3.63) is 53.7 Å². The molecule has 0 aliphatic heterocycles. The molecular weight excluding hydrogens is 230 g/mol. The van der Waals surface area contributed by atoms with Gasteiger partial charge in [-0.2, -0.15) is 0 Å². The third kappa shape index (κ3) is 2.86. The maximum absolute atomic E-state index is 8.69. The van der Waals surface area contributed by atoms with E-state index in [4.69, 9.17) is 12.3 Å². The fourth-order valence-corrected chi connectivity index (χ4v) is 2.16. The van der Waals surface area contributed by atoms with Crippen molar-refractivity contribution in [3.63, 3.8) is 0 Å². The van der Waals surface area contributed by atoms with Crippen LogP contribution in [0.2, 0.25) is 0 Å². The first-order valence-corrected chi connectivity index (χ1v) is 6.16. The summed E-state index contributed by atoms with van der Waals surface area (Å²) < 4.78 is 72.2. The quantitative estimate of drug-likeness (QED) is 0.720. The van der Waals surface area contributed by atoms with E-state index >= 15 is 0 Å². The number of hydrogen-bond donors (Lipinski definition) is 0. The zero-order chi connectivity index (χ0) is 21.5. The summed E-state index contributed by atoms with van der Waals surface area (Å²) in [6.45, 7) is -4.05. The van der Waals surface area contributed by atoms with Gasteiger partial charge in [-0.1, -0.05) is 25.8 Å². The van der Waals surface area contributed by atoms with Crippen LogP contribution in [0.3, 0.4) is 0 Å². The summed E-state index contributed by atoms with van der Waals surface area (Å²) >= 11 is 0. The van der Waals surface area contributed by atoms with Gasteiger partial charge in [0.05, 0.1) is 0 Å². The lowest BCUT2D eigenvalue weighted by molar-refractivity contribution is -0.660. The first-order valence-electron chi connectivity index (χ1n) is 10.7. The summed E-state index contributed by atoms with van der Waals surface area (Å²) in [5, 5.41) is 0. The zero-order valence-corrected chi connectivity index (χ0v) is 11.2. The Kier molecular flexibility index (Phi) is 1.96. The van der Waals surface area contributed by atoms with Crippen molar-refractivity contribution in [2.45, 2.75) is 39.3 Å². The number of benzene rings is 1. The van der Waals surface area contributed by atoms with Gasteiger partial charge in [-0.15, -0.1) is 0 Å². The monoisotopic (exact) mass is 263 g/mol. The zero-order valence-electron chi connectivity index (χ0n) is 20.2. The van der Waals surface area contributed by atoms with E-state index in [1.807, 2.05) is 36.0 Å². The second kappa shape index (κ2) is 6.01. The Morgan fingerprint density at radius 3 is 2.89 bits per heavy atom. The van der Waals surface area contributed by atoms with Gasteiger partial charge in [0.2, 0.25) is 5.69 Å². The molecule has 1 unspecified atom stereocenters. The van der Waals surface area contributed by atoms with Gasteiger partial charge < -0.3 is 0 Å². The fourth-order valence-electron chi connectivity index (χ4n) is 2.16. The highest BCUT2D eigenvalue weighted by Crippen LogP contribution is 2.28. The van der Waals surface area contributed by atoms with Gasteiger partial charge in [-0.25, -0.2) is 4.57 Å². The lowest BCUT2D eigenvalue weighted by atomic mass is 9.91. The van der Waals surface area contributed by atoms with Gasteiger partial charge in [-0.05, 0) is 48.9 Å². The van der Waals surface area contributed by atoms with Crippen molar-refractivity contribution in [3.8, 4) is 11.3 Å². The second-order valence-electron chi connectivity index (χ2n) is 4.51. The van der Waals surface area contributed by atoms with Crippen LogP contribution in [-0.2, 0) is 7.05 Å². The number of rotatable bonds is 4. The molecule has 1 aromatic carbocycles. The third-order valence-corrected chi connectivity index (χ3v) is 3.23. The summed E-state index contributed by atoms with van der Waals surface area (Å²) in [5.41, 5.74) is 2.45. The summed E-state index contributed by atoms with van der Waals surface area (Å²) in [4.78, 5) is 0. The summed E-state index contributed by atoms with van der Waals surface area (Å²) in [6.07, 6.45) is -2.09. The molecule has 0 spiro atoms. The molecule has 19 heavy (non-hydrogen) atoms. The first-order chi connectivity index (χ1) is 12.6. The SMILES string of the molecule is [2H]C([2H])([2H])CC([2H])(c1ccc(-c2cccc[n+]2C)c(C)c1)C([2H])([2H])C([2H])([2H])[2H]. The van der Waals surface area contributed by atoms with Crippen LogP contribution in [0.25, 0.3) is 11.3 Å². The van der Waals surface area contributed by atoms with Crippen LogP contribution in [0, 0.1) is 6.92 Å². The highest BCUT2D eigenvalue weighted by atomic mass is 14.9. The number of aromatic nitrogens is 1. The maximum atomic E-state index is 8.69. The molecule has 1 aromatic heterocycles. The molecule has 1 heterocycles. The molecule has 1 atom stereocenters. The van der Waals surface area contributed by atoms with E-state index in [0.717, 1.165) is 11.3 Å². The molecule has 0 saturated heterocycles. The van der Waals surface area contributed by atoms with E-state index in [0.29, 0.717) is 5.56 Å². The molecule has 1 heteroatoms. The molecule has 0 fully saturated rings. The van der Waals surface area contributed by atoms with Crippen molar-refractivity contribution in [2.75, 3.05) is 0 Å². The lowest BCUT2D eigenvalue weighted by Gasteiger charge is -2.14. The number of hydrogen-bond acceptors (Lipinski definition) is 0. The van der Waals surface area contributed by atoms with Gasteiger partial charge in [0.25, 0.3) is 0 Å². The number of pyridine rings is 1. The van der Waals surface area contributed by atoms with Gasteiger partial charge in [0, 0.05) is 30.0 Å². The average molecular weight is 263 g/mol. The van der Waals surface area contributed by atoms with Crippen LogP contribution < -0.4 is 4.57 Å². The van der Waals surface area contributed by atoms with Crippen LogP contribution in [0.1, 0.15) is 55.9 Å². The Labute approximate surface area is 129 Å². The Morgan fingerprint density at radius 1 is 1.32 bits per heavy atom. The van der Waals surface area contributed by atoms with Crippen LogP contribution in [0.5, 0.6) is 0 Å². The van der Waals surface area contributed by atoms with E-state index in [9.17, 15) is 0 Å². The molecule has 1 nitrogen and oxygen atoms in total. The molecule has 2 aromatic rings. The number of aryl methyl sites for hydroxylation is 2. The van der Waals surface area contributed by atoms with Crippen molar-refractivity contribution in [1.29, 1.82) is 0 Å². The van der Waals surface area contributed by atoms with E-state index in [1.165, 1.54) is 12.1 Å². The summed E-state index contributed by atoms with van der Waals surface area (Å²) in [5.74, 6) is -2.47. The molecule has 0 aliphatic rings. The normalized spacial score (nSPS) is 23.2. The number of nitrogens with zero attached hydrogens (tertiary/aromatic N) is 1. The smallest absolute Gasteiger partial charge is 0.201 e. The van der Waals surface area contributed by atoms with E-state index < -0.39 is 32.4 Å². The molecule has 100 valence electrons. The minimum atomic E-state index is -3.15. The van der Waals surface area contributed by atoms with Crippen molar-refractivity contribution in [2.24, 2.45) is 7.05 Å². The van der Waals surface area contributed by atoms with Gasteiger partial charge in [0.1, 0.15) is 7.05 Å². The standard InChI is InChI=1S/C18H24N/c1-5-15(6-2)16-10-11-17(14(3)13-16)18-9-7-8-12-19(18)4/h7-13,15H,5-6H2,1-4H3/q+1/i1D3,2D3,5D2,15D. The topological polar surface area (TPSA) is 3.88 Å². The molecule has 0 amide bonds. The van der Waals surface area contributed by atoms with E-state index in [1.54, 1.807) is 13.0 Å². The van der Waals surface area contributed by atoms with Crippen molar-refractivity contribution in [1.82, 2.24) is 0 Å². The van der Waals surface area contributed by atoms with Crippen LogP contribution in [-0.4, -0.2) is 0 Å². The predicted molar refractivity (Wildman–Crippen MR) is 81.1 cm³/mol. The van der Waals surface area contributed by atoms with Gasteiger partial charge >= 0.3 is 0 Å². The Morgan fingerprint density at radius 2 is 2.21 bits per heavy atom. The van der Waals surface area contributed by atoms with Crippen LogP contribution in [0.15, 0.2) is 42.6 Å². The molecular formula is C18H24N+. The van der Waals surface area contributed by atoms with E-state index in [2.05, 4.69) is 0 Å². The Balaban J connectivity index is 2.66. The average Bonchev–Trinajstić information content (AvgIpc) is 2.52. The van der Waals surface area contributed by atoms with Gasteiger partial charge in [-0.3, -0.25) is 0 Å². The largest absolute Gasteiger partial charge is 0.212 e. The molecule has 0 aliphatic carbocycles. The van der Waals surface area contributed by atoms with Crippen molar-refractivity contribution >= 4 is 0 Å². The second-order valence-corrected chi connectivity index (χ2v) is 4.51. The van der Waals surface area contributed by atoms with E-state index in [-0.39, 0.29) is 5.56 Å². The predicted octanol–water partition coefficient (Wildman–Crippen LogP) is 4.39. The Hall–Kier alpha value is -1.63. The van der Waals surface area contributed by atoms with Crippen LogP contribution >= 0.6 is 0 Å². The Bertz CT molecular complexity index is 855. The highest BCUT2D eigenvalue weighted by Gasteiger charge is 2.13. The minimum absolute atomic E-state index is 0.0320. The van der Waals surface area contributed by atoms with Crippen LogP contribution in [0.4, 0.5) is 0 Å².